The molecule has 3 saturated heterocycles. The normalized spacial score (nSPS) is 33.5. The third-order valence-electron chi connectivity index (χ3n) is 9.11. The first kappa shape index (κ1) is 30.6. The lowest BCUT2D eigenvalue weighted by atomic mass is 9.62. The summed E-state index contributed by atoms with van der Waals surface area (Å²) in [5.41, 5.74) is -2.71. The van der Waals surface area contributed by atoms with Gasteiger partial charge < -0.3 is 24.4 Å². The van der Waals surface area contributed by atoms with Gasteiger partial charge in [-0.15, -0.1) is 6.58 Å². The van der Waals surface area contributed by atoms with E-state index in [2.05, 4.69) is 27.4 Å². The Bertz CT molecular complexity index is 955. The molecule has 3 aliphatic heterocycles. The number of aliphatic hydroxyl groups is 1. The van der Waals surface area contributed by atoms with E-state index in [0.717, 1.165) is 6.42 Å². The summed E-state index contributed by atoms with van der Waals surface area (Å²) in [6.45, 7) is 24.1. The molecule has 2 amide bonds. The number of ether oxygens (including phenoxy) is 2. The molecule has 0 aliphatic carbocycles. The van der Waals surface area contributed by atoms with Crippen LogP contribution in [-0.4, -0.2) is 81.3 Å². The van der Waals surface area contributed by atoms with Crippen molar-refractivity contribution < 1.29 is 29.0 Å². The van der Waals surface area contributed by atoms with Crippen molar-refractivity contribution in [2.75, 3.05) is 19.8 Å². The van der Waals surface area contributed by atoms with Gasteiger partial charge in [0.2, 0.25) is 11.8 Å². The standard InChI is InChI=1S/C30H50N2O6/c1-12-14-31(28(9,10)17-27(6,7)8)25(35)23-30-15-19(5)29(11,38-30)22(26(36)37-13-2)21(30)24(34)32(23)20(16-33)18(3)4/h12,18-23,33H,1,13-17H2,2-11H3/t19?,20-,21-,22+,23?,29-,30?/m0/s1. The van der Waals surface area contributed by atoms with Gasteiger partial charge >= 0.3 is 5.97 Å². The second kappa shape index (κ2) is 10.2. The molecular formula is C30H50N2O6. The molecule has 3 aliphatic rings. The summed E-state index contributed by atoms with van der Waals surface area (Å²) in [6.07, 6.45) is 2.91. The Labute approximate surface area is 229 Å². The molecule has 0 aromatic carbocycles. The van der Waals surface area contributed by atoms with E-state index in [-0.39, 0.29) is 42.3 Å². The fourth-order valence-corrected chi connectivity index (χ4v) is 7.83. The van der Waals surface area contributed by atoms with E-state index < -0.39 is 46.6 Å². The molecule has 1 spiro atoms. The van der Waals surface area contributed by atoms with Gasteiger partial charge in [-0.1, -0.05) is 47.6 Å². The molecule has 1 N–H and O–H groups in total. The molecular weight excluding hydrogens is 484 g/mol. The summed E-state index contributed by atoms with van der Waals surface area (Å²) in [7, 11) is 0. The number of likely N-dealkylation sites (tertiary alicyclic amines) is 1. The molecule has 3 heterocycles. The van der Waals surface area contributed by atoms with E-state index in [4.69, 9.17) is 9.47 Å². The van der Waals surface area contributed by atoms with Crippen LogP contribution in [-0.2, 0) is 23.9 Å². The molecule has 38 heavy (non-hydrogen) atoms. The van der Waals surface area contributed by atoms with Gasteiger partial charge in [0.1, 0.15) is 17.6 Å². The van der Waals surface area contributed by atoms with Crippen LogP contribution in [0.1, 0.15) is 82.1 Å². The third-order valence-corrected chi connectivity index (χ3v) is 9.11. The highest BCUT2D eigenvalue weighted by molar-refractivity contribution is 5.99. The average molecular weight is 535 g/mol. The fourth-order valence-electron chi connectivity index (χ4n) is 7.83. The molecule has 3 unspecified atom stereocenters. The van der Waals surface area contributed by atoms with E-state index in [1.54, 1.807) is 17.9 Å². The Kier molecular flexibility index (Phi) is 8.24. The van der Waals surface area contributed by atoms with Crippen LogP contribution in [0.25, 0.3) is 0 Å². The van der Waals surface area contributed by atoms with Crippen molar-refractivity contribution in [2.24, 2.45) is 29.1 Å². The Hall–Kier alpha value is -1.93. The number of carbonyl (C=O) groups excluding carboxylic acids is 3. The van der Waals surface area contributed by atoms with Gasteiger partial charge in [-0.25, -0.2) is 0 Å². The minimum absolute atomic E-state index is 0.0555. The number of hydrogen-bond donors (Lipinski definition) is 1. The maximum Gasteiger partial charge on any atom is 0.312 e. The molecule has 7 atom stereocenters. The molecule has 0 aromatic rings. The average Bonchev–Trinajstić information content (AvgIpc) is 3.27. The number of nitrogens with zero attached hydrogens (tertiary/aromatic N) is 2. The zero-order chi connectivity index (χ0) is 29.0. The van der Waals surface area contributed by atoms with E-state index in [1.165, 1.54) is 0 Å². The second-order valence-corrected chi connectivity index (χ2v) is 14.0. The lowest BCUT2D eigenvalue weighted by Crippen LogP contribution is -2.63. The highest BCUT2D eigenvalue weighted by Gasteiger charge is 2.81. The molecule has 0 radical (unpaired) electrons. The van der Waals surface area contributed by atoms with Crippen molar-refractivity contribution in [3.63, 3.8) is 0 Å². The molecule has 216 valence electrons. The predicted molar refractivity (Wildman–Crippen MR) is 146 cm³/mol. The van der Waals surface area contributed by atoms with E-state index in [1.807, 2.05) is 46.4 Å². The van der Waals surface area contributed by atoms with E-state index >= 15 is 0 Å². The summed E-state index contributed by atoms with van der Waals surface area (Å²) < 4.78 is 12.3. The largest absolute Gasteiger partial charge is 0.466 e. The first-order chi connectivity index (χ1) is 17.4. The minimum Gasteiger partial charge on any atom is -0.466 e. The van der Waals surface area contributed by atoms with Crippen LogP contribution in [0.15, 0.2) is 12.7 Å². The number of carbonyl (C=O) groups is 3. The molecule has 3 fully saturated rings. The van der Waals surface area contributed by atoms with E-state index in [9.17, 15) is 19.5 Å². The molecule has 8 nitrogen and oxygen atoms in total. The summed E-state index contributed by atoms with van der Waals surface area (Å²) in [5.74, 6) is -2.85. The van der Waals surface area contributed by atoms with Crippen molar-refractivity contribution in [1.29, 1.82) is 0 Å². The Morgan fingerprint density at radius 3 is 2.37 bits per heavy atom. The van der Waals surface area contributed by atoms with Crippen LogP contribution in [0.3, 0.4) is 0 Å². The topological polar surface area (TPSA) is 96.4 Å². The maximum atomic E-state index is 14.8. The number of fused-ring (bicyclic) bond motifs is 1. The zero-order valence-electron chi connectivity index (χ0n) is 25.2. The zero-order valence-corrected chi connectivity index (χ0v) is 25.2. The number of amides is 2. The lowest BCUT2D eigenvalue weighted by molar-refractivity contribution is -0.165. The minimum atomic E-state index is -1.18. The predicted octanol–water partition coefficient (Wildman–Crippen LogP) is 3.81. The van der Waals surface area contributed by atoms with Crippen molar-refractivity contribution in [3.05, 3.63) is 12.7 Å². The highest BCUT2D eigenvalue weighted by atomic mass is 16.6. The van der Waals surface area contributed by atoms with Gasteiger partial charge in [-0.2, -0.15) is 0 Å². The SMILES string of the molecule is C=CCN(C(=O)C1N([C@@H](CO)C(C)C)C(=O)[C@@H]2[C@H](C(=O)OCC)[C@@]3(C)OC12CC3C)C(C)(C)CC(C)(C)C. The summed E-state index contributed by atoms with van der Waals surface area (Å²) >= 11 is 0. The quantitative estimate of drug-likeness (QED) is 0.338. The van der Waals surface area contributed by atoms with Crippen LogP contribution in [0.4, 0.5) is 0 Å². The van der Waals surface area contributed by atoms with Crippen LogP contribution in [0.2, 0.25) is 0 Å². The first-order valence-electron chi connectivity index (χ1n) is 14.2. The van der Waals surface area contributed by atoms with Crippen LogP contribution in [0.5, 0.6) is 0 Å². The summed E-state index contributed by atoms with van der Waals surface area (Å²) in [5, 5.41) is 10.5. The Morgan fingerprint density at radius 1 is 1.29 bits per heavy atom. The van der Waals surface area contributed by atoms with Gasteiger partial charge in [-0.3, -0.25) is 14.4 Å². The second-order valence-electron chi connectivity index (χ2n) is 14.0. The maximum absolute atomic E-state index is 14.8. The number of esters is 1. The van der Waals surface area contributed by atoms with Gasteiger partial charge in [0.05, 0.1) is 30.8 Å². The lowest BCUT2D eigenvalue weighted by Gasteiger charge is -2.47. The molecule has 0 aromatic heterocycles. The third kappa shape index (κ3) is 4.70. The fraction of sp³-hybridized carbons (Fsp3) is 0.833. The van der Waals surface area contributed by atoms with Crippen molar-refractivity contribution >= 4 is 17.8 Å². The smallest absolute Gasteiger partial charge is 0.312 e. The van der Waals surface area contributed by atoms with Gasteiger partial charge in [0, 0.05) is 12.1 Å². The molecule has 8 heteroatoms. The van der Waals surface area contributed by atoms with Crippen molar-refractivity contribution in [1.82, 2.24) is 9.80 Å². The van der Waals surface area contributed by atoms with Gasteiger partial charge in [0.25, 0.3) is 0 Å². The van der Waals surface area contributed by atoms with Crippen LogP contribution in [0, 0.1) is 29.1 Å². The number of aliphatic hydroxyl groups excluding tert-OH is 1. The molecule has 0 saturated carbocycles. The van der Waals surface area contributed by atoms with Crippen LogP contribution < -0.4 is 0 Å². The summed E-state index contributed by atoms with van der Waals surface area (Å²) in [4.78, 5) is 45.9. The number of hydrogen-bond acceptors (Lipinski definition) is 6. The van der Waals surface area contributed by atoms with Crippen molar-refractivity contribution in [3.8, 4) is 0 Å². The monoisotopic (exact) mass is 534 g/mol. The van der Waals surface area contributed by atoms with Crippen LogP contribution >= 0.6 is 0 Å². The summed E-state index contributed by atoms with van der Waals surface area (Å²) in [6, 6.07) is -1.57. The van der Waals surface area contributed by atoms with Crippen molar-refractivity contribution in [2.45, 2.75) is 111 Å². The number of rotatable bonds is 10. The van der Waals surface area contributed by atoms with Gasteiger partial charge in [0.15, 0.2) is 0 Å². The Balaban J connectivity index is 2.22. The van der Waals surface area contributed by atoms with E-state index in [0.29, 0.717) is 13.0 Å². The van der Waals surface area contributed by atoms with Gasteiger partial charge in [-0.05, 0) is 57.8 Å². The Morgan fingerprint density at radius 2 is 1.89 bits per heavy atom. The molecule has 3 rings (SSSR count). The highest BCUT2D eigenvalue weighted by Crippen LogP contribution is 2.66. The molecule has 2 bridgehead atoms. The first-order valence-corrected chi connectivity index (χ1v) is 14.2.